The number of anilines is 6. The molecule has 0 radical (unpaired) electrons. The number of terminal acetylenes is 1. The number of furan rings is 1. The van der Waals surface area contributed by atoms with Crippen LogP contribution in [0, 0.1) is 15.9 Å². The van der Waals surface area contributed by atoms with Gasteiger partial charge in [0.2, 0.25) is 0 Å². The Labute approximate surface area is 629 Å². The van der Waals surface area contributed by atoms with E-state index in [0.29, 0.717) is 17.4 Å². The van der Waals surface area contributed by atoms with E-state index in [1.54, 1.807) is 12.1 Å². The van der Waals surface area contributed by atoms with Gasteiger partial charge in [0.1, 0.15) is 29.7 Å². The summed E-state index contributed by atoms with van der Waals surface area (Å²) in [5.41, 5.74) is 26.9. The summed E-state index contributed by atoms with van der Waals surface area (Å²) in [4.78, 5) is 26.2. The van der Waals surface area contributed by atoms with E-state index in [2.05, 4.69) is 292 Å². The topological polar surface area (TPSA) is 74.0 Å². The number of carbonyl (C=O) groups is 2. The molecule has 1 aromatic heterocycles. The number of rotatable bonds is 23. The molecule has 1 N–H and O–H groups in total. The molecule has 0 spiro atoms. The molecule has 0 saturated carbocycles. The lowest BCUT2D eigenvalue weighted by molar-refractivity contribution is 0.111. The van der Waals surface area contributed by atoms with Crippen LogP contribution in [-0.4, -0.2) is 17.7 Å². The summed E-state index contributed by atoms with van der Waals surface area (Å²) in [7, 11) is 0. The Hall–Kier alpha value is -10.8. The van der Waals surface area contributed by atoms with Gasteiger partial charge in [0.25, 0.3) is 0 Å². The van der Waals surface area contributed by atoms with Crippen LogP contribution >= 0.6 is 22.6 Å². The van der Waals surface area contributed by atoms with Crippen molar-refractivity contribution in [2.75, 3.05) is 9.80 Å². The maximum atomic E-state index is 11.4. The summed E-state index contributed by atoms with van der Waals surface area (Å²) in [6, 6.07) is 101. The molecule has 0 atom stereocenters. The van der Waals surface area contributed by atoms with E-state index >= 15 is 0 Å². The molecule has 1 heterocycles. The number of hydrogen-bond acceptors (Lipinski definition) is 6. The van der Waals surface area contributed by atoms with Gasteiger partial charge in [-0.25, -0.2) is 0 Å². The van der Waals surface area contributed by atoms with Crippen molar-refractivity contribution in [1.82, 2.24) is 0 Å². The molecule has 0 unspecified atom stereocenters. The lowest BCUT2D eigenvalue weighted by atomic mass is 9.70. The van der Waals surface area contributed by atoms with Crippen LogP contribution in [0.25, 0.3) is 66.8 Å². The average molecular weight is 1480 g/mol. The van der Waals surface area contributed by atoms with Crippen LogP contribution in [0.15, 0.2) is 290 Å². The Balaban J connectivity index is 0.000000173. The number of hydrogen-bond donors (Lipinski definition) is 1. The Bertz CT molecular complexity index is 5020. The molecule has 6 nitrogen and oxygen atoms in total. The third-order valence-corrected chi connectivity index (χ3v) is 21.7. The standard InChI is InChI=1S/C48H43NO2.C41H39N.C7H5IO2.CH4/c1-3-5-27-48(28-6-4-2)44-30-36(35-19-23-41(24-20-35)49(39-13-9-7-10-14-39)40-15-11-8-12-16-40)21-25-42(44)43-26-22-37(31-45(43)48)47-32-38-18-17-34(33-50)29-46(38)51-47;1-4-7-27-41(28-8-5-2)39-29-31(6-3)19-25-37(39)38-26-22-33(30-40(38)41)32-20-23-36(24-21-32)42(34-15-11-9-12-16-34)35-17-13-10-14-18-35;8-6-2-1-5(4-9)3-7(6)10;/h7-26,29-33H,3-6,27-28H2,1-2H3;3,9-26,29-30H,4-5,7-8,27-28H2,1-2H3;1-4,10H;1H4. The van der Waals surface area contributed by atoms with E-state index in [1.807, 2.05) is 40.8 Å². The summed E-state index contributed by atoms with van der Waals surface area (Å²) < 4.78 is 7.11. The van der Waals surface area contributed by atoms with Crippen molar-refractivity contribution in [1.29, 1.82) is 0 Å². The first-order chi connectivity index (χ1) is 50.5. The largest absolute Gasteiger partial charge is 0.507 e. The molecular weight excluding hydrogens is 1380 g/mol. The van der Waals surface area contributed by atoms with Gasteiger partial charge in [-0.05, 0) is 242 Å². The maximum absolute atomic E-state index is 11.4. The highest BCUT2D eigenvalue weighted by atomic mass is 127. The Morgan fingerprint density at radius 2 is 0.740 bits per heavy atom. The minimum absolute atomic E-state index is 0. The van der Waals surface area contributed by atoms with Gasteiger partial charge >= 0.3 is 0 Å². The normalized spacial score (nSPS) is 12.3. The van der Waals surface area contributed by atoms with Crippen molar-refractivity contribution < 1.29 is 19.1 Å². The van der Waals surface area contributed by atoms with Crippen molar-refractivity contribution in [3.05, 3.63) is 328 Å². The molecule has 0 bridgehead atoms. The van der Waals surface area contributed by atoms with Crippen LogP contribution in [0.5, 0.6) is 5.75 Å². The van der Waals surface area contributed by atoms with Crippen molar-refractivity contribution in [2.45, 2.75) is 123 Å². The second-order valence-corrected chi connectivity index (χ2v) is 28.4. The molecule has 15 rings (SSSR count). The van der Waals surface area contributed by atoms with E-state index < -0.39 is 0 Å². The van der Waals surface area contributed by atoms with Crippen LogP contribution < -0.4 is 9.80 Å². The number of aromatic hydroxyl groups is 1. The Kier molecular flexibility index (Phi) is 23.5. The molecular formula is C97H91IN2O4. The monoisotopic (exact) mass is 1470 g/mol. The molecule has 520 valence electrons. The second kappa shape index (κ2) is 33.6. The van der Waals surface area contributed by atoms with Crippen molar-refractivity contribution >= 4 is 80.3 Å². The van der Waals surface area contributed by atoms with Gasteiger partial charge in [0.05, 0.1) is 3.57 Å². The summed E-state index contributed by atoms with van der Waals surface area (Å²) in [5, 5.41) is 10.1. The van der Waals surface area contributed by atoms with E-state index in [1.165, 1.54) is 111 Å². The van der Waals surface area contributed by atoms with Crippen LogP contribution in [0.2, 0.25) is 0 Å². The summed E-state index contributed by atoms with van der Waals surface area (Å²) in [5.74, 6) is 3.90. The zero-order valence-corrected chi connectivity index (χ0v) is 61.5. The highest BCUT2D eigenvalue weighted by molar-refractivity contribution is 14.1. The minimum Gasteiger partial charge on any atom is -0.507 e. The van der Waals surface area contributed by atoms with Gasteiger partial charge in [-0.3, -0.25) is 9.59 Å². The first kappa shape index (κ1) is 73.0. The molecule has 0 amide bonds. The maximum Gasteiger partial charge on any atom is 0.150 e. The number of para-hydroxylation sites is 4. The number of phenolic OH excluding ortho intramolecular Hbond substituents is 1. The predicted octanol–water partition coefficient (Wildman–Crippen LogP) is 27.6. The molecule has 2 aliphatic rings. The number of benzene rings is 12. The third-order valence-electron chi connectivity index (χ3n) is 20.8. The molecule has 0 saturated heterocycles. The minimum atomic E-state index is -0.0727. The number of aldehydes is 2. The average Bonchev–Trinajstić information content (AvgIpc) is 1.57. The van der Waals surface area contributed by atoms with E-state index in [-0.39, 0.29) is 24.0 Å². The third kappa shape index (κ3) is 15.2. The number of fused-ring (bicyclic) bond motifs is 7. The summed E-state index contributed by atoms with van der Waals surface area (Å²) in [6.45, 7) is 9.20. The Morgan fingerprint density at radius 1 is 0.394 bits per heavy atom. The van der Waals surface area contributed by atoms with E-state index in [0.717, 1.165) is 110 Å². The van der Waals surface area contributed by atoms with Crippen molar-refractivity contribution in [3.63, 3.8) is 0 Å². The fourth-order valence-electron chi connectivity index (χ4n) is 15.5. The van der Waals surface area contributed by atoms with Gasteiger partial charge in [0, 0.05) is 72.6 Å². The fraction of sp³-hybridized carbons (Fsp3) is 0.196. The smallest absolute Gasteiger partial charge is 0.150 e. The predicted molar refractivity (Wildman–Crippen MR) is 445 cm³/mol. The highest BCUT2D eigenvalue weighted by Crippen LogP contribution is 2.58. The first-order valence-corrected chi connectivity index (χ1v) is 37.6. The summed E-state index contributed by atoms with van der Waals surface area (Å²) in [6.07, 6.45) is 21.4. The van der Waals surface area contributed by atoms with Crippen molar-refractivity contribution in [2.24, 2.45) is 0 Å². The number of halogens is 1. The lowest BCUT2D eigenvalue weighted by Crippen LogP contribution is -2.25. The molecule has 7 heteroatoms. The molecule has 0 aliphatic heterocycles. The number of unbranched alkanes of at least 4 members (excludes halogenated alkanes) is 4. The molecule has 12 aromatic carbocycles. The van der Waals surface area contributed by atoms with Crippen LogP contribution in [-0.2, 0) is 10.8 Å². The second-order valence-electron chi connectivity index (χ2n) is 27.2. The van der Waals surface area contributed by atoms with Gasteiger partial charge in [-0.2, -0.15) is 0 Å². The number of phenols is 1. The fourth-order valence-corrected chi connectivity index (χ4v) is 15.8. The zero-order chi connectivity index (χ0) is 71.3. The lowest BCUT2D eigenvalue weighted by Gasteiger charge is -2.33. The van der Waals surface area contributed by atoms with E-state index in [4.69, 9.17) is 15.9 Å². The van der Waals surface area contributed by atoms with Gasteiger partial charge in [0.15, 0.2) is 0 Å². The van der Waals surface area contributed by atoms with Gasteiger partial charge in [-0.15, -0.1) is 6.42 Å². The molecule has 0 fully saturated rings. The van der Waals surface area contributed by atoms with Gasteiger partial charge < -0.3 is 19.3 Å². The number of carbonyl (C=O) groups excluding carboxylic acids is 2. The van der Waals surface area contributed by atoms with E-state index in [9.17, 15) is 9.59 Å². The van der Waals surface area contributed by atoms with Gasteiger partial charge in [-0.1, -0.05) is 250 Å². The van der Waals surface area contributed by atoms with Crippen LogP contribution in [0.3, 0.4) is 0 Å². The molecule has 2 aliphatic carbocycles. The molecule has 13 aromatic rings. The van der Waals surface area contributed by atoms with Crippen LogP contribution in [0.1, 0.15) is 161 Å². The Morgan fingerprint density at radius 3 is 1.12 bits per heavy atom. The summed E-state index contributed by atoms with van der Waals surface area (Å²) >= 11 is 1.99. The van der Waals surface area contributed by atoms with Crippen molar-refractivity contribution in [3.8, 4) is 73.9 Å². The quantitative estimate of drug-likeness (QED) is 0.0391. The first-order valence-electron chi connectivity index (χ1n) is 36.5. The zero-order valence-electron chi connectivity index (χ0n) is 59.3. The number of nitrogens with zero attached hydrogens (tertiary/aromatic N) is 2. The van der Waals surface area contributed by atoms with Crippen LogP contribution in [0.4, 0.5) is 34.1 Å². The highest BCUT2D eigenvalue weighted by Gasteiger charge is 2.44. The molecule has 104 heavy (non-hydrogen) atoms. The SMILES string of the molecule is C.C#Cc1ccc2c(c1)C(CCCC)(CCCC)c1cc(-c3ccc(N(c4ccccc4)c4ccccc4)cc3)ccc1-2.CCCCC1(CCCC)c2cc(-c3ccc(N(c4ccccc4)c4ccccc4)cc3)ccc2-c2ccc(-c3cc4ccc(C=O)cc4o3)cc21.O=Cc1ccc(I)c(O)c1.